The molecule has 104 valence electrons. The van der Waals surface area contributed by atoms with Gasteiger partial charge in [-0.05, 0) is 65.4 Å². The van der Waals surface area contributed by atoms with Crippen molar-refractivity contribution in [2.45, 2.75) is 13.0 Å². The molecule has 0 aliphatic heterocycles. The number of nitrogens with one attached hydrogen (secondary N) is 1. The number of anilines is 1. The average molecular weight is 402 g/mol. The molecule has 1 atom stereocenters. The quantitative estimate of drug-likeness (QED) is 0.756. The maximum atomic E-state index is 12.2. The highest BCUT2D eigenvalue weighted by molar-refractivity contribution is 14.1. The molecule has 0 aliphatic rings. The van der Waals surface area contributed by atoms with E-state index in [9.17, 15) is 9.90 Å². The van der Waals surface area contributed by atoms with Crippen LogP contribution < -0.4 is 5.32 Å². The lowest BCUT2D eigenvalue weighted by Crippen LogP contribution is -2.12. The molecular formula is C15H13ClINO2. The zero-order valence-corrected chi connectivity index (χ0v) is 13.6. The normalized spacial score (nSPS) is 12.0. The van der Waals surface area contributed by atoms with Crippen LogP contribution in [0.3, 0.4) is 0 Å². The molecule has 2 aromatic rings. The third-order valence-electron chi connectivity index (χ3n) is 2.82. The zero-order chi connectivity index (χ0) is 14.7. The maximum Gasteiger partial charge on any atom is 0.257 e. The standard InChI is InChI=1S/C15H13ClINO2/c1-9(19)10-2-5-12(6-3-10)18-15(20)13-8-11(17)4-7-14(13)16/h2-9,19H,1H3,(H,18,20). The Hall–Kier alpha value is -1.11. The molecule has 0 bridgehead atoms. The minimum atomic E-state index is -0.523. The van der Waals surface area contributed by atoms with Crippen LogP contribution in [0.1, 0.15) is 28.9 Å². The van der Waals surface area contributed by atoms with E-state index in [0.29, 0.717) is 16.3 Å². The second kappa shape index (κ2) is 6.56. The van der Waals surface area contributed by atoms with Crippen molar-refractivity contribution in [2.75, 3.05) is 5.32 Å². The van der Waals surface area contributed by atoms with Gasteiger partial charge in [-0.1, -0.05) is 23.7 Å². The van der Waals surface area contributed by atoms with Crippen LogP contribution in [-0.4, -0.2) is 11.0 Å². The molecule has 2 N–H and O–H groups in total. The number of hydrogen-bond acceptors (Lipinski definition) is 2. The van der Waals surface area contributed by atoms with Gasteiger partial charge in [-0.25, -0.2) is 0 Å². The molecule has 0 heterocycles. The van der Waals surface area contributed by atoms with Gasteiger partial charge < -0.3 is 10.4 Å². The molecule has 20 heavy (non-hydrogen) atoms. The summed E-state index contributed by atoms with van der Waals surface area (Å²) in [5, 5.41) is 12.6. The van der Waals surface area contributed by atoms with Crippen molar-refractivity contribution in [3.63, 3.8) is 0 Å². The van der Waals surface area contributed by atoms with E-state index in [0.717, 1.165) is 9.13 Å². The average Bonchev–Trinajstić information content (AvgIpc) is 2.42. The molecule has 0 spiro atoms. The first kappa shape index (κ1) is 15.3. The van der Waals surface area contributed by atoms with Gasteiger partial charge >= 0.3 is 0 Å². The third-order valence-corrected chi connectivity index (χ3v) is 3.82. The molecule has 5 heteroatoms. The van der Waals surface area contributed by atoms with Gasteiger partial charge in [0.05, 0.1) is 16.7 Å². The number of aliphatic hydroxyl groups excluding tert-OH is 1. The highest BCUT2D eigenvalue weighted by atomic mass is 127. The predicted molar refractivity (Wildman–Crippen MR) is 89.2 cm³/mol. The second-order valence-electron chi connectivity index (χ2n) is 4.38. The number of rotatable bonds is 3. The second-order valence-corrected chi connectivity index (χ2v) is 6.03. The summed E-state index contributed by atoms with van der Waals surface area (Å²) in [7, 11) is 0. The van der Waals surface area contributed by atoms with Crippen LogP contribution in [-0.2, 0) is 0 Å². The van der Waals surface area contributed by atoms with Crippen molar-refractivity contribution in [3.05, 3.63) is 62.2 Å². The molecule has 1 unspecified atom stereocenters. The van der Waals surface area contributed by atoms with Gasteiger partial charge in [0.15, 0.2) is 0 Å². The van der Waals surface area contributed by atoms with E-state index < -0.39 is 6.10 Å². The maximum absolute atomic E-state index is 12.2. The molecule has 1 amide bonds. The Morgan fingerprint density at radius 3 is 2.50 bits per heavy atom. The lowest BCUT2D eigenvalue weighted by Gasteiger charge is -2.09. The van der Waals surface area contributed by atoms with Crippen molar-refractivity contribution < 1.29 is 9.90 Å². The SMILES string of the molecule is CC(O)c1ccc(NC(=O)c2cc(I)ccc2Cl)cc1. The summed E-state index contributed by atoms with van der Waals surface area (Å²) < 4.78 is 0.946. The topological polar surface area (TPSA) is 49.3 Å². The van der Waals surface area contributed by atoms with Gasteiger partial charge in [-0.2, -0.15) is 0 Å². The molecule has 2 rings (SSSR count). The lowest BCUT2D eigenvalue weighted by atomic mass is 10.1. The summed E-state index contributed by atoms with van der Waals surface area (Å²) in [6.45, 7) is 1.69. The first-order valence-electron chi connectivity index (χ1n) is 6.02. The van der Waals surface area contributed by atoms with E-state index in [1.54, 1.807) is 43.3 Å². The molecule has 0 radical (unpaired) electrons. The van der Waals surface area contributed by atoms with Crippen LogP contribution in [0.4, 0.5) is 5.69 Å². The van der Waals surface area contributed by atoms with Gasteiger partial charge in [0.25, 0.3) is 5.91 Å². The summed E-state index contributed by atoms with van der Waals surface area (Å²) >= 11 is 8.16. The first-order valence-corrected chi connectivity index (χ1v) is 7.47. The van der Waals surface area contributed by atoms with Gasteiger partial charge in [0, 0.05) is 9.26 Å². The van der Waals surface area contributed by atoms with Gasteiger partial charge in [-0.3, -0.25) is 4.79 Å². The molecule has 0 fully saturated rings. The summed E-state index contributed by atoms with van der Waals surface area (Å²) in [5.41, 5.74) is 1.91. The number of aliphatic hydroxyl groups is 1. The Balaban J connectivity index is 2.17. The largest absolute Gasteiger partial charge is 0.389 e. The van der Waals surface area contributed by atoms with Crippen LogP contribution in [0.15, 0.2) is 42.5 Å². The Bertz CT molecular complexity index is 626. The van der Waals surface area contributed by atoms with Crippen molar-refractivity contribution >= 4 is 45.8 Å². The van der Waals surface area contributed by atoms with E-state index in [2.05, 4.69) is 27.9 Å². The predicted octanol–water partition coefficient (Wildman–Crippen LogP) is 4.25. The number of carbonyl (C=O) groups excluding carboxylic acids is 1. The van der Waals surface area contributed by atoms with Crippen LogP contribution in [0, 0.1) is 3.57 Å². The Labute approximate surface area is 136 Å². The highest BCUT2D eigenvalue weighted by Gasteiger charge is 2.11. The van der Waals surface area contributed by atoms with Crippen molar-refractivity contribution in [3.8, 4) is 0 Å². The van der Waals surface area contributed by atoms with E-state index >= 15 is 0 Å². The van der Waals surface area contributed by atoms with Gasteiger partial charge in [0.2, 0.25) is 0 Å². The Morgan fingerprint density at radius 1 is 1.25 bits per heavy atom. The van der Waals surface area contributed by atoms with Crippen LogP contribution in [0.5, 0.6) is 0 Å². The molecule has 0 saturated carbocycles. The highest BCUT2D eigenvalue weighted by Crippen LogP contribution is 2.21. The number of amides is 1. The van der Waals surface area contributed by atoms with E-state index in [1.807, 2.05) is 6.07 Å². The number of carbonyl (C=O) groups is 1. The Morgan fingerprint density at radius 2 is 1.90 bits per heavy atom. The van der Waals surface area contributed by atoms with Crippen molar-refractivity contribution in [1.29, 1.82) is 0 Å². The minimum Gasteiger partial charge on any atom is -0.389 e. The monoisotopic (exact) mass is 401 g/mol. The fraction of sp³-hybridized carbons (Fsp3) is 0.133. The summed E-state index contributed by atoms with van der Waals surface area (Å²) in [6.07, 6.45) is -0.523. The smallest absolute Gasteiger partial charge is 0.257 e. The molecule has 0 saturated heterocycles. The van der Waals surface area contributed by atoms with E-state index in [1.165, 1.54) is 0 Å². The lowest BCUT2D eigenvalue weighted by molar-refractivity contribution is 0.102. The first-order chi connectivity index (χ1) is 9.47. The van der Waals surface area contributed by atoms with Gasteiger partial charge in [-0.15, -0.1) is 0 Å². The van der Waals surface area contributed by atoms with Gasteiger partial charge in [0.1, 0.15) is 0 Å². The fourth-order valence-corrected chi connectivity index (χ4v) is 2.41. The fourth-order valence-electron chi connectivity index (χ4n) is 1.71. The number of halogens is 2. The van der Waals surface area contributed by atoms with Crippen LogP contribution in [0.25, 0.3) is 0 Å². The molecule has 0 aliphatic carbocycles. The summed E-state index contributed by atoms with van der Waals surface area (Å²) in [4.78, 5) is 12.2. The molecule has 2 aromatic carbocycles. The minimum absolute atomic E-state index is 0.252. The van der Waals surface area contributed by atoms with Crippen molar-refractivity contribution in [1.82, 2.24) is 0 Å². The van der Waals surface area contributed by atoms with E-state index in [4.69, 9.17) is 11.6 Å². The summed E-state index contributed by atoms with van der Waals surface area (Å²) in [5.74, 6) is -0.252. The molecular weight excluding hydrogens is 389 g/mol. The molecule has 3 nitrogen and oxygen atoms in total. The number of hydrogen-bond donors (Lipinski definition) is 2. The van der Waals surface area contributed by atoms with Crippen LogP contribution >= 0.6 is 34.2 Å². The van der Waals surface area contributed by atoms with E-state index in [-0.39, 0.29) is 5.91 Å². The zero-order valence-electron chi connectivity index (χ0n) is 10.7. The van der Waals surface area contributed by atoms with Crippen LogP contribution in [0.2, 0.25) is 5.02 Å². The summed E-state index contributed by atoms with van der Waals surface area (Å²) in [6, 6.07) is 12.3. The number of benzene rings is 2. The van der Waals surface area contributed by atoms with Crippen molar-refractivity contribution in [2.24, 2.45) is 0 Å². The third kappa shape index (κ3) is 3.71. The Kier molecular flexibility index (Phi) is 5.01. The molecule has 0 aromatic heterocycles.